The highest BCUT2D eigenvalue weighted by molar-refractivity contribution is 5.38. The molecule has 2 aliphatic heterocycles. The SMILES string of the molecule is Fc1cnc(N2CCC(OCC#CCN3CCN(c4ccccn4)CC3)CC2)nc1. The summed E-state index contributed by atoms with van der Waals surface area (Å²) in [7, 11) is 0. The molecular formula is C22H27FN6O. The second-order valence-corrected chi connectivity index (χ2v) is 7.50. The number of pyridine rings is 1. The summed E-state index contributed by atoms with van der Waals surface area (Å²) in [4.78, 5) is 19.3. The minimum absolute atomic E-state index is 0.206. The van der Waals surface area contributed by atoms with Gasteiger partial charge in [0.1, 0.15) is 12.4 Å². The standard InChI is InChI=1S/C22H27FN6O/c23-19-17-25-22(26-18-19)29-10-6-20(7-11-29)30-16-4-3-9-27-12-14-28(15-13-27)21-5-1-2-8-24-21/h1-2,5,8,17-18,20H,6-7,9-16H2. The van der Waals surface area contributed by atoms with Crippen LogP contribution in [0.25, 0.3) is 0 Å². The predicted molar refractivity (Wildman–Crippen MR) is 114 cm³/mol. The Hall–Kier alpha value is -2.76. The van der Waals surface area contributed by atoms with E-state index in [9.17, 15) is 4.39 Å². The van der Waals surface area contributed by atoms with E-state index >= 15 is 0 Å². The molecule has 4 rings (SSSR count). The Morgan fingerprint density at radius 1 is 0.933 bits per heavy atom. The van der Waals surface area contributed by atoms with E-state index < -0.39 is 5.82 Å². The van der Waals surface area contributed by atoms with Crippen molar-refractivity contribution in [3.05, 3.63) is 42.6 Å². The summed E-state index contributed by atoms with van der Waals surface area (Å²) in [5.74, 6) is 7.61. The molecule has 0 amide bonds. The van der Waals surface area contributed by atoms with Gasteiger partial charge in [0.2, 0.25) is 5.95 Å². The van der Waals surface area contributed by atoms with Gasteiger partial charge in [0.15, 0.2) is 5.82 Å². The molecule has 2 fully saturated rings. The Bertz CT molecular complexity index is 837. The maximum atomic E-state index is 12.9. The van der Waals surface area contributed by atoms with Crippen LogP contribution < -0.4 is 9.80 Å². The number of ether oxygens (including phenoxy) is 1. The molecule has 0 saturated carbocycles. The van der Waals surface area contributed by atoms with E-state index in [1.807, 2.05) is 18.3 Å². The van der Waals surface area contributed by atoms with Gasteiger partial charge < -0.3 is 14.5 Å². The lowest BCUT2D eigenvalue weighted by Crippen LogP contribution is -2.46. The van der Waals surface area contributed by atoms with Crippen LogP contribution in [0.2, 0.25) is 0 Å². The molecule has 7 nitrogen and oxygen atoms in total. The van der Waals surface area contributed by atoms with E-state index in [4.69, 9.17) is 4.74 Å². The molecule has 0 bridgehead atoms. The van der Waals surface area contributed by atoms with Gasteiger partial charge in [-0.15, -0.1) is 0 Å². The Balaban J connectivity index is 1.11. The highest BCUT2D eigenvalue weighted by Gasteiger charge is 2.21. The lowest BCUT2D eigenvalue weighted by molar-refractivity contribution is 0.0592. The third kappa shape index (κ3) is 5.65. The molecule has 2 aromatic heterocycles. The van der Waals surface area contributed by atoms with Gasteiger partial charge in [-0.1, -0.05) is 17.9 Å². The summed E-state index contributed by atoms with van der Waals surface area (Å²) in [5.41, 5.74) is 0. The third-order valence-electron chi connectivity index (χ3n) is 5.50. The van der Waals surface area contributed by atoms with Gasteiger partial charge in [0, 0.05) is 45.5 Å². The first-order valence-corrected chi connectivity index (χ1v) is 10.5. The second-order valence-electron chi connectivity index (χ2n) is 7.50. The van der Waals surface area contributed by atoms with Crippen molar-refractivity contribution in [3.8, 4) is 11.8 Å². The molecule has 0 atom stereocenters. The van der Waals surface area contributed by atoms with Crippen LogP contribution in [0, 0.1) is 17.7 Å². The van der Waals surface area contributed by atoms with E-state index in [0.717, 1.165) is 64.5 Å². The van der Waals surface area contributed by atoms with E-state index in [1.165, 1.54) is 12.4 Å². The number of halogens is 1. The molecule has 2 aromatic rings. The molecule has 158 valence electrons. The zero-order valence-electron chi connectivity index (χ0n) is 17.1. The molecule has 0 unspecified atom stereocenters. The lowest BCUT2D eigenvalue weighted by atomic mass is 10.1. The van der Waals surface area contributed by atoms with E-state index in [2.05, 4.69) is 47.6 Å². The normalized spacial score (nSPS) is 18.2. The number of hydrogen-bond donors (Lipinski definition) is 0. The molecule has 0 aliphatic carbocycles. The van der Waals surface area contributed by atoms with Crippen molar-refractivity contribution in [2.24, 2.45) is 0 Å². The van der Waals surface area contributed by atoms with Crippen molar-refractivity contribution in [1.29, 1.82) is 0 Å². The molecule has 0 radical (unpaired) electrons. The maximum absolute atomic E-state index is 12.9. The molecule has 2 saturated heterocycles. The largest absolute Gasteiger partial charge is 0.365 e. The van der Waals surface area contributed by atoms with Crippen LogP contribution in [0.4, 0.5) is 16.2 Å². The highest BCUT2D eigenvalue weighted by Crippen LogP contribution is 2.17. The Morgan fingerprint density at radius 3 is 2.40 bits per heavy atom. The Labute approximate surface area is 176 Å². The Kier molecular flexibility index (Phi) is 7.06. The summed E-state index contributed by atoms with van der Waals surface area (Å²) in [5, 5.41) is 0. The lowest BCUT2D eigenvalue weighted by Gasteiger charge is -2.34. The number of anilines is 2. The molecule has 8 heteroatoms. The fourth-order valence-electron chi connectivity index (χ4n) is 3.75. The first-order chi connectivity index (χ1) is 14.8. The number of hydrogen-bond acceptors (Lipinski definition) is 7. The molecular weight excluding hydrogens is 383 g/mol. The summed E-state index contributed by atoms with van der Waals surface area (Å²) in [6.45, 7) is 6.81. The van der Waals surface area contributed by atoms with Crippen molar-refractivity contribution in [2.75, 3.05) is 62.2 Å². The monoisotopic (exact) mass is 410 g/mol. The smallest absolute Gasteiger partial charge is 0.225 e. The second kappa shape index (κ2) is 10.3. The molecule has 2 aliphatic rings. The van der Waals surface area contributed by atoms with Crippen LogP contribution in [-0.4, -0.2) is 78.4 Å². The summed E-state index contributed by atoms with van der Waals surface area (Å²) < 4.78 is 18.9. The van der Waals surface area contributed by atoms with E-state index in [1.54, 1.807) is 0 Å². The van der Waals surface area contributed by atoms with Crippen LogP contribution >= 0.6 is 0 Å². The topological polar surface area (TPSA) is 57.6 Å². The van der Waals surface area contributed by atoms with Gasteiger partial charge in [0.05, 0.1) is 25.0 Å². The molecule has 0 spiro atoms. The van der Waals surface area contributed by atoms with E-state index in [0.29, 0.717) is 12.6 Å². The van der Waals surface area contributed by atoms with Gasteiger partial charge in [-0.3, -0.25) is 4.90 Å². The van der Waals surface area contributed by atoms with Crippen molar-refractivity contribution in [1.82, 2.24) is 19.9 Å². The number of piperazine rings is 1. The molecule has 4 heterocycles. The number of piperidine rings is 1. The fourth-order valence-corrected chi connectivity index (χ4v) is 3.75. The number of rotatable bonds is 5. The average molecular weight is 410 g/mol. The highest BCUT2D eigenvalue weighted by atomic mass is 19.1. The molecule has 0 aromatic carbocycles. The quantitative estimate of drug-likeness (QED) is 0.697. The van der Waals surface area contributed by atoms with Crippen LogP contribution in [0.15, 0.2) is 36.8 Å². The number of nitrogens with zero attached hydrogens (tertiary/aromatic N) is 6. The van der Waals surface area contributed by atoms with Crippen LogP contribution in [0.5, 0.6) is 0 Å². The van der Waals surface area contributed by atoms with Gasteiger partial charge in [0.25, 0.3) is 0 Å². The van der Waals surface area contributed by atoms with Crippen molar-refractivity contribution >= 4 is 11.8 Å². The summed E-state index contributed by atoms with van der Waals surface area (Å²) >= 11 is 0. The molecule has 30 heavy (non-hydrogen) atoms. The van der Waals surface area contributed by atoms with E-state index in [-0.39, 0.29) is 6.10 Å². The van der Waals surface area contributed by atoms with Crippen LogP contribution in [0.1, 0.15) is 12.8 Å². The summed E-state index contributed by atoms with van der Waals surface area (Å²) in [6.07, 6.45) is 6.26. The zero-order chi connectivity index (χ0) is 20.6. The average Bonchev–Trinajstić information content (AvgIpc) is 2.81. The third-order valence-corrected chi connectivity index (χ3v) is 5.50. The first kappa shape index (κ1) is 20.5. The predicted octanol–water partition coefficient (Wildman–Crippen LogP) is 1.82. The summed E-state index contributed by atoms with van der Waals surface area (Å²) in [6, 6.07) is 6.03. The maximum Gasteiger partial charge on any atom is 0.225 e. The first-order valence-electron chi connectivity index (χ1n) is 10.5. The number of aromatic nitrogens is 3. The fraction of sp³-hybridized carbons (Fsp3) is 0.500. The van der Waals surface area contributed by atoms with Crippen molar-refractivity contribution < 1.29 is 9.13 Å². The minimum atomic E-state index is -0.411. The van der Waals surface area contributed by atoms with Crippen molar-refractivity contribution in [2.45, 2.75) is 18.9 Å². The van der Waals surface area contributed by atoms with Crippen LogP contribution in [0.3, 0.4) is 0 Å². The Morgan fingerprint density at radius 2 is 1.70 bits per heavy atom. The van der Waals surface area contributed by atoms with Crippen molar-refractivity contribution in [3.63, 3.8) is 0 Å². The zero-order valence-corrected chi connectivity index (χ0v) is 17.1. The van der Waals surface area contributed by atoms with Crippen LogP contribution in [-0.2, 0) is 4.74 Å². The van der Waals surface area contributed by atoms with Gasteiger partial charge in [-0.05, 0) is 25.0 Å². The van der Waals surface area contributed by atoms with Gasteiger partial charge in [-0.2, -0.15) is 0 Å². The minimum Gasteiger partial charge on any atom is -0.365 e. The van der Waals surface area contributed by atoms with Gasteiger partial charge >= 0.3 is 0 Å². The van der Waals surface area contributed by atoms with Gasteiger partial charge in [-0.25, -0.2) is 19.3 Å². The molecule has 0 N–H and O–H groups in total.